The molecule has 18 heavy (non-hydrogen) atoms. The van der Waals surface area contributed by atoms with E-state index in [0.29, 0.717) is 0 Å². The fourth-order valence-corrected chi connectivity index (χ4v) is 2.93. The van der Waals surface area contributed by atoms with Crippen molar-refractivity contribution < 1.29 is 5.11 Å². The summed E-state index contributed by atoms with van der Waals surface area (Å²) in [6.07, 6.45) is 0. The van der Waals surface area contributed by atoms with E-state index in [9.17, 15) is 5.11 Å². The van der Waals surface area contributed by atoms with Crippen LogP contribution in [0.15, 0.2) is 53.2 Å². The van der Waals surface area contributed by atoms with Crippen LogP contribution in [0.2, 0.25) is 0 Å². The molecule has 0 aliphatic carbocycles. The molecule has 0 amide bonds. The molecule has 0 bridgehead atoms. The zero-order valence-corrected chi connectivity index (χ0v) is 10.5. The van der Waals surface area contributed by atoms with Gasteiger partial charge in [0.25, 0.3) is 0 Å². The minimum absolute atomic E-state index is 0.257. The Morgan fingerprint density at radius 1 is 1.06 bits per heavy atom. The van der Waals surface area contributed by atoms with Crippen LogP contribution in [0, 0.1) is 0 Å². The van der Waals surface area contributed by atoms with Gasteiger partial charge in [-0.2, -0.15) is 11.3 Å². The first-order valence-electron chi connectivity index (χ1n) is 5.75. The number of hydrogen-bond acceptors (Lipinski definition) is 3. The first-order chi connectivity index (χ1) is 8.77. The minimum atomic E-state index is -0.289. The summed E-state index contributed by atoms with van der Waals surface area (Å²) >= 11 is 1.61. The van der Waals surface area contributed by atoms with Gasteiger partial charge in [0, 0.05) is 5.56 Å². The van der Waals surface area contributed by atoms with Crippen molar-refractivity contribution >= 4 is 22.1 Å². The van der Waals surface area contributed by atoms with E-state index in [-0.39, 0.29) is 11.8 Å². The van der Waals surface area contributed by atoms with Crippen LogP contribution < -0.4 is 5.73 Å². The normalized spacial score (nSPS) is 12.7. The van der Waals surface area contributed by atoms with Crippen molar-refractivity contribution in [2.24, 2.45) is 5.73 Å². The van der Waals surface area contributed by atoms with Gasteiger partial charge in [0.15, 0.2) is 0 Å². The molecule has 0 spiro atoms. The first-order valence-corrected chi connectivity index (χ1v) is 6.70. The number of benzene rings is 2. The molecule has 2 aromatic carbocycles. The molecule has 3 rings (SSSR count). The average Bonchev–Trinajstić information content (AvgIpc) is 2.92. The molecule has 1 atom stereocenters. The molecular weight excluding hydrogens is 242 g/mol. The van der Waals surface area contributed by atoms with Crippen LogP contribution in [-0.4, -0.2) is 5.11 Å². The molecule has 2 nitrogen and oxygen atoms in total. The molecule has 0 fully saturated rings. The van der Waals surface area contributed by atoms with Crippen LogP contribution in [0.4, 0.5) is 0 Å². The van der Waals surface area contributed by atoms with Gasteiger partial charge >= 0.3 is 0 Å². The van der Waals surface area contributed by atoms with E-state index in [1.165, 1.54) is 0 Å². The van der Waals surface area contributed by atoms with Crippen LogP contribution in [0.1, 0.15) is 17.2 Å². The lowest BCUT2D eigenvalue weighted by Crippen LogP contribution is -2.11. The summed E-state index contributed by atoms with van der Waals surface area (Å²) in [5, 5.41) is 16.2. The standard InChI is InChI=1S/C15H13NOS/c16-15(11-7-8-18-9-11)14-12-4-2-1-3-10(12)5-6-13(14)17/h1-9,15,17H,16H2. The molecule has 3 heteroatoms. The van der Waals surface area contributed by atoms with Gasteiger partial charge in [-0.15, -0.1) is 0 Å². The van der Waals surface area contributed by atoms with Crippen molar-refractivity contribution in [1.82, 2.24) is 0 Å². The number of thiophene rings is 1. The van der Waals surface area contributed by atoms with Crippen molar-refractivity contribution in [3.05, 3.63) is 64.4 Å². The highest BCUT2D eigenvalue weighted by Gasteiger charge is 2.16. The Morgan fingerprint density at radius 3 is 2.67 bits per heavy atom. The zero-order chi connectivity index (χ0) is 12.5. The van der Waals surface area contributed by atoms with Crippen LogP contribution in [0.3, 0.4) is 0 Å². The fraction of sp³-hybridized carbons (Fsp3) is 0.0667. The van der Waals surface area contributed by atoms with Crippen molar-refractivity contribution in [2.45, 2.75) is 6.04 Å². The van der Waals surface area contributed by atoms with Gasteiger partial charge in [-0.3, -0.25) is 0 Å². The molecule has 0 saturated heterocycles. The molecular formula is C15H13NOS. The highest BCUT2D eigenvalue weighted by Crippen LogP contribution is 2.34. The largest absolute Gasteiger partial charge is 0.508 e. The van der Waals surface area contributed by atoms with Crippen molar-refractivity contribution in [3.8, 4) is 5.75 Å². The Labute approximate surface area is 109 Å². The van der Waals surface area contributed by atoms with E-state index in [1.54, 1.807) is 17.4 Å². The Hall–Kier alpha value is -1.84. The third-order valence-electron chi connectivity index (χ3n) is 3.16. The van der Waals surface area contributed by atoms with E-state index in [4.69, 9.17) is 5.73 Å². The van der Waals surface area contributed by atoms with Gasteiger partial charge in [-0.1, -0.05) is 30.3 Å². The lowest BCUT2D eigenvalue weighted by molar-refractivity contribution is 0.467. The summed E-state index contributed by atoms with van der Waals surface area (Å²) < 4.78 is 0. The molecule has 90 valence electrons. The molecule has 0 saturated carbocycles. The molecule has 0 aliphatic heterocycles. The van der Waals surface area contributed by atoms with Crippen LogP contribution in [0.25, 0.3) is 10.8 Å². The second-order valence-electron chi connectivity index (χ2n) is 4.25. The van der Waals surface area contributed by atoms with E-state index in [0.717, 1.165) is 21.9 Å². The molecule has 0 radical (unpaired) electrons. The Morgan fingerprint density at radius 2 is 1.89 bits per heavy atom. The highest BCUT2D eigenvalue weighted by molar-refractivity contribution is 7.08. The zero-order valence-electron chi connectivity index (χ0n) is 9.71. The van der Waals surface area contributed by atoms with Crippen LogP contribution in [0.5, 0.6) is 5.75 Å². The summed E-state index contributed by atoms with van der Waals surface area (Å²) in [5.41, 5.74) is 8.11. The van der Waals surface area contributed by atoms with E-state index in [2.05, 4.69) is 0 Å². The maximum absolute atomic E-state index is 10.1. The predicted molar refractivity (Wildman–Crippen MR) is 76.0 cm³/mol. The number of aromatic hydroxyl groups is 1. The summed E-state index contributed by atoms with van der Waals surface area (Å²) in [5.74, 6) is 0.257. The molecule has 1 aromatic heterocycles. The van der Waals surface area contributed by atoms with Crippen molar-refractivity contribution in [2.75, 3.05) is 0 Å². The second kappa shape index (κ2) is 4.44. The molecule has 1 unspecified atom stereocenters. The van der Waals surface area contributed by atoms with Gasteiger partial charge in [0.2, 0.25) is 0 Å². The average molecular weight is 255 g/mol. The molecule has 3 aromatic rings. The number of hydrogen-bond donors (Lipinski definition) is 2. The SMILES string of the molecule is NC(c1ccsc1)c1c(O)ccc2ccccc12. The first kappa shape index (κ1) is 11.3. The number of rotatable bonds is 2. The molecule has 3 N–H and O–H groups in total. The van der Waals surface area contributed by atoms with Crippen molar-refractivity contribution in [3.63, 3.8) is 0 Å². The van der Waals surface area contributed by atoms with Gasteiger partial charge in [-0.05, 0) is 39.2 Å². The number of fused-ring (bicyclic) bond motifs is 1. The Kier molecular flexibility index (Phi) is 2.78. The summed E-state index contributed by atoms with van der Waals surface area (Å²) in [6, 6.07) is 13.3. The summed E-state index contributed by atoms with van der Waals surface area (Å²) in [4.78, 5) is 0. The minimum Gasteiger partial charge on any atom is -0.508 e. The quantitative estimate of drug-likeness (QED) is 0.734. The topological polar surface area (TPSA) is 46.2 Å². The lowest BCUT2D eigenvalue weighted by atomic mass is 9.95. The summed E-state index contributed by atoms with van der Waals surface area (Å²) in [6.45, 7) is 0. The maximum atomic E-state index is 10.1. The number of nitrogens with two attached hydrogens (primary N) is 1. The Balaban J connectivity index is 2.24. The Bertz CT molecular complexity index is 676. The number of phenolic OH excluding ortho intramolecular Hbond substituents is 1. The lowest BCUT2D eigenvalue weighted by Gasteiger charge is -2.15. The van der Waals surface area contributed by atoms with Crippen molar-refractivity contribution in [1.29, 1.82) is 0 Å². The summed E-state index contributed by atoms with van der Waals surface area (Å²) in [7, 11) is 0. The maximum Gasteiger partial charge on any atom is 0.121 e. The number of phenols is 1. The smallest absolute Gasteiger partial charge is 0.121 e. The predicted octanol–water partition coefficient (Wildman–Crippen LogP) is 3.66. The highest BCUT2D eigenvalue weighted by atomic mass is 32.1. The third-order valence-corrected chi connectivity index (χ3v) is 3.86. The van der Waals surface area contributed by atoms with E-state index >= 15 is 0 Å². The van der Waals surface area contributed by atoms with Gasteiger partial charge < -0.3 is 10.8 Å². The second-order valence-corrected chi connectivity index (χ2v) is 5.03. The monoisotopic (exact) mass is 255 g/mol. The van der Waals surface area contributed by atoms with Gasteiger partial charge in [0.1, 0.15) is 5.75 Å². The van der Waals surface area contributed by atoms with E-state index < -0.39 is 0 Å². The van der Waals surface area contributed by atoms with Crippen LogP contribution >= 0.6 is 11.3 Å². The molecule has 1 heterocycles. The van der Waals surface area contributed by atoms with Gasteiger partial charge in [-0.25, -0.2) is 0 Å². The third kappa shape index (κ3) is 1.78. The van der Waals surface area contributed by atoms with E-state index in [1.807, 2.05) is 47.2 Å². The fourth-order valence-electron chi connectivity index (χ4n) is 2.23. The van der Waals surface area contributed by atoms with Crippen LogP contribution in [-0.2, 0) is 0 Å². The molecule has 0 aliphatic rings. The van der Waals surface area contributed by atoms with Gasteiger partial charge in [0.05, 0.1) is 6.04 Å².